The summed E-state index contributed by atoms with van der Waals surface area (Å²) in [4.78, 5) is 0. The van der Waals surface area contributed by atoms with Gasteiger partial charge in [0.2, 0.25) is 0 Å². The lowest BCUT2D eigenvalue weighted by Crippen LogP contribution is -2.35. The predicted octanol–water partition coefficient (Wildman–Crippen LogP) is 2.04. The molecule has 0 saturated carbocycles. The molecule has 0 bridgehead atoms. The molecule has 4 nitrogen and oxygen atoms in total. The first-order valence-electron chi connectivity index (χ1n) is 8.87. The highest BCUT2D eigenvalue weighted by Gasteiger charge is 2.46. The Morgan fingerprint density at radius 2 is 1.52 bits per heavy atom. The molecule has 21 heavy (non-hydrogen) atoms. The predicted molar refractivity (Wildman–Crippen MR) is 86.6 cm³/mol. The van der Waals surface area contributed by atoms with Crippen LogP contribution in [0.5, 0.6) is 0 Å². The fourth-order valence-electron chi connectivity index (χ4n) is 3.39. The van der Waals surface area contributed by atoms with Crippen LogP contribution in [0.1, 0.15) is 40.0 Å². The van der Waals surface area contributed by atoms with Gasteiger partial charge in [-0.2, -0.15) is 0 Å². The maximum Gasteiger partial charge on any atom is 0.0903 e. The Bertz CT molecular complexity index is 286. The third-order valence-electron chi connectivity index (χ3n) is 4.63. The van der Waals surface area contributed by atoms with Gasteiger partial charge in [-0.1, -0.05) is 20.8 Å². The summed E-state index contributed by atoms with van der Waals surface area (Å²) in [5.74, 6) is 1.87. The molecule has 124 valence electrons. The van der Waals surface area contributed by atoms with Crippen molar-refractivity contribution in [3.63, 3.8) is 0 Å². The van der Waals surface area contributed by atoms with E-state index in [0.717, 1.165) is 45.3 Å². The highest BCUT2D eigenvalue weighted by molar-refractivity contribution is 4.95. The zero-order chi connectivity index (χ0) is 15.1. The largest absolute Gasteiger partial charge is 0.375 e. The van der Waals surface area contributed by atoms with Crippen LogP contribution in [0.15, 0.2) is 0 Å². The van der Waals surface area contributed by atoms with Gasteiger partial charge in [-0.05, 0) is 38.3 Å². The van der Waals surface area contributed by atoms with Crippen molar-refractivity contribution in [2.45, 2.75) is 52.2 Å². The van der Waals surface area contributed by atoms with Crippen LogP contribution < -0.4 is 10.6 Å². The van der Waals surface area contributed by atoms with E-state index in [-0.39, 0.29) is 0 Å². The number of ether oxygens (including phenoxy) is 2. The molecule has 2 aliphatic heterocycles. The zero-order valence-corrected chi connectivity index (χ0v) is 14.1. The fraction of sp³-hybridized carbons (Fsp3) is 1.00. The van der Waals surface area contributed by atoms with Crippen molar-refractivity contribution in [3.8, 4) is 0 Å². The molecule has 2 saturated heterocycles. The summed E-state index contributed by atoms with van der Waals surface area (Å²) in [6.07, 6.45) is 4.39. The first-order valence-corrected chi connectivity index (χ1v) is 8.87. The van der Waals surface area contributed by atoms with Gasteiger partial charge in [0.25, 0.3) is 0 Å². The van der Waals surface area contributed by atoms with Gasteiger partial charge < -0.3 is 20.1 Å². The summed E-state index contributed by atoms with van der Waals surface area (Å²) >= 11 is 0. The molecular weight excluding hydrogens is 264 g/mol. The summed E-state index contributed by atoms with van der Waals surface area (Å²) in [6.45, 7) is 12.8. The van der Waals surface area contributed by atoms with Crippen molar-refractivity contribution in [1.29, 1.82) is 0 Å². The Morgan fingerprint density at radius 3 is 2.05 bits per heavy atom. The minimum Gasteiger partial charge on any atom is -0.375 e. The molecule has 2 rings (SSSR count). The highest BCUT2D eigenvalue weighted by Crippen LogP contribution is 2.34. The molecule has 0 spiro atoms. The number of hydrogen-bond acceptors (Lipinski definition) is 4. The molecule has 2 aliphatic rings. The molecule has 0 aromatic rings. The first-order chi connectivity index (χ1) is 10.2. The average Bonchev–Trinajstić information content (AvgIpc) is 3.02. The molecule has 0 amide bonds. The Kier molecular flexibility index (Phi) is 7.44. The van der Waals surface area contributed by atoms with Crippen LogP contribution in [-0.4, -0.2) is 51.6 Å². The van der Waals surface area contributed by atoms with Gasteiger partial charge in [-0.3, -0.25) is 0 Å². The molecule has 4 unspecified atom stereocenters. The molecule has 2 N–H and O–H groups in total. The SMILES string of the molecule is CCCNCC1COC2C(CNCCCC(C)C)COC12. The van der Waals surface area contributed by atoms with Crippen LogP contribution in [-0.2, 0) is 9.47 Å². The van der Waals surface area contributed by atoms with Crippen molar-refractivity contribution in [3.05, 3.63) is 0 Å². The monoisotopic (exact) mass is 298 g/mol. The van der Waals surface area contributed by atoms with E-state index in [0.29, 0.717) is 24.0 Å². The van der Waals surface area contributed by atoms with Crippen LogP contribution in [0.3, 0.4) is 0 Å². The third-order valence-corrected chi connectivity index (χ3v) is 4.63. The van der Waals surface area contributed by atoms with E-state index < -0.39 is 0 Å². The number of nitrogens with one attached hydrogen (secondary N) is 2. The lowest BCUT2D eigenvalue weighted by molar-refractivity contribution is 0.0604. The summed E-state index contributed by atoms with van der Waals surface area (Å²) in [5.41, 5.74) is 0. The normalized spacial score (nSPS) is 32.0. The molecule has 0 aromatic heterocycles. The molecule has 0 radical (unpaired) electrons. The van der Waals surface area contributed by atoms with E-state index in [1.54, 1.807) is 0 Å². The lowest BCUT2D eigenvalue weighted by atomic mass is 9.96. The van der Waals surface area contributed by atoms with Crippen molar-refractivity contribution < 1.29 is 9.47 Å². The summed E-state index contributed by atoms with van der Waals surface area (Å²) < 4.78 is 12.0. The van der Waals surface area contributed by atoms with Gasteiger partial charge in [0.1, 0.15) is 0 Å². The van der Waals surface area contributed by atoms with Gasteiger partial charge >= 0.3 is 0 Å². The topological polar surface area (TPSA) is 42.5 Å². The minimum atomic E-state index is 0.316. The molecule has 4 heteroatoms. The molecular formula is C17H34N2O2. The molecule has 2 heterocycles. The Morgan fingerprint density at radius 1 is 0.952 bits per heavy atom. The van der Waals surface area contributed by atoms with Gasteiger partial charge in [0, 0.05) is 24.9 Å². The van der Waals surface area contributed by atoms with Crippen LogP contribution in [0.25, 0.3) is 0 Å². The second kappa shape index (κ2) is 9.09. The summed E-state index contributed by atoms with van der Waals surface area (Å²) in [7, 11) is 0. The molecule has 0 aromatic carbocycles. The minimum absolute atomic E-state index is 0.316. The van der Waals surface area contributed by atoms with Crippen LogP contribution in [0.4, 0.5) is 0 Å². The van der Waals surface area contributed by atoms with Gasteiger partial charge in [0.15, 0.2) is 0 Å². The smallest absolute Gasteiger partial charge is 0.0903 e. The molecule has 0 aliphatic carbocycles. The summed E-state index contributed by atoms with van der Waals surface area (Å²) in [5, 5.41) is 7.09. The van der Waals surface area contributed by atoms with E-state index >= 15 is 0 Å². The van der Waals surface area contributed by atoms with Gasteiger partial charge in [-0.15, -0.1) is 0 Å². The second-order valence-electron chi connectivity index (χ2n) is 7.06. The van der Waals surface area contributed by atoms with E-state index in [1.165, 1.54) is 19.3 Å². The highest BCUT2D eigenvalue weighted by atomic mass is 16.6. The Balaban J connectivity index is 1.62. The number of rotatable bonds is 10. The van der Waals surface area contributed by atoms with Crippen molar-refractivity contribution in [2.75, 3.05) is 39.4 Å². The number of hydrogen-bond donors (Lipinski definition) is 2. The van der Waals surface area contributed by atoms with Crippen molar-refractivity contribution >= 4 is 0 Å². The summed E-state index contributed by atoms with van der Waals surface area (Å²) in [6, 6.07) is 0. The van der Waals surface area contributed by atoms with Crippen molar-refractivity contribution in [1.82, 2.24) is 10.6 Å². The van der Waals surface area contributed by atoms with E-state index in [2.05, 4.69) is 31.4 Å². The maximum atomic E-state index is 6.02. The second-order valence-corrected chi connectivity index (χ2v) is 7.06. The quantitative estimate of drug-likeness (QED) is 0.606. The van der Waals surface area contributed by atoms with E-state index in [1.807, 2.05) is 0 Å². The van der Waals surface area contributed by atoms with Crippen LogP contribution >= 0.6 is 0 Å². The Labute approximate surface area is 130 Å². The third kappa shape index (κ3) is 5.20. The van der Waals surface area contributed by atoms with Gasteiger partial charge in [-0.25, -0.2) is 0 Å². The lowest BCUT2D eigenvalue weighted by Gasteiger charge is -2.17. The maximum absolute atomic E-state index is 6.02. The fourth-order valence-corrected chi connectivity index (χ4v) is 3.39. The Hall–Kier alpha value is -0.160. The van der Waals surface area contributed by atoms with Gasteiger partial charge in [0.05, 0.1) is 25.4 Å². The average molecular weight is 298 g/mol. The van der Waals surface area contributed by atoms with Crippen molar-refractivity contribution in [2.24, 2.45) is 17.8 Å². The number of fused-ring (bicyclic) bond motifs is 1. The van der Waals surface area contributed by atoms with Crippen LogP contribution in [0, 0.1) is 17.8 Å². The molecule has 4 atom stereocenters. The van der Waals surface area contributed by atoms with E-state index in [9.17, 15) is 0 Å². The first kappa shape index (κ1) is 17.2. The van der Waals surface area contributed by atoms with E-state index in [4.69, 9.17) is 9.47 Å². The zero-order valence-electron chi connectivity index (χ0n) is 14.1. The standard InChI is InChI=1S/C17H34N2O2/c1-4-7-18-9-14-11-20-17-15(12-21-16(14)17)10-19-8-5-6-13(2)3/h13-19H,4-12H2,1-3H3. The molecule has 2 fully saturated rings. The van der Waals surface area contributed by atoms with Crippen LogP contribution in [0.2, 0.25) is 0 Å².